The fraction of sp³-hybridized carbons (Fsp3) is 0. The van der Waals surface area contributed by atoms with Gasteiger partial charge in [0.15, 0.2) is 0 Å². The Balaban J connectivity index is 2.26. The van der Waals surface area contributed by atoms with Crippen molar-refractivity contribution < 1.29 is 19.4 Å². The number of carboxylic acid groups (broad SMARTS) is 1. The maximum absolute atomic E-state index is 13.4. The van der Waals surface area contributed by atoms with Crippen molar-refractivity contribution in [2.45, 2.75) is 0 Å². The molecule has 3 nitrogen and oxygen atoms in total. The summed E-state index contributed by atoms with van der Waals surface area (Å²) in [5.74, 6) is 3.57. The molecule has 0 aromatic heterocycles. The number of hydrogen-bond acceptors (Lipinski definition) is 2. The summed E-state index contributed by atoms with van der Waals surface area (Å²) < 4.78 is 13.4. The molecule has 94 valence electrons. The van der Waals surface area contributed by atoms with E-state index in [0.29, 0.717) is 5.56 Å². The molecular weight excluding hydrogens is 247 g/mol. The van der Waals surface area contributed by atoms with Crippen LogP contribution in [-0.4, -0.2) is 16.2 Å². The van der Waals surface area contributed by atoms with Gasteiger partial charge in [0, 0.05) is 11.6 Å². The Morgan fingerprint density at radius 3 is 2.32 bits per heavy atom. The van der Waals surface area contributed by atoms with Crippen LogP contribution in [0.2, 0.25) is 0 Å². The average Bonchev–Trinajstić information content (AvgIpc) is 2.38. The summed E-state index contributed by atoms with van der Waals surface area (Å²) in [4.78, 5) is 10.7. The lowest BCUT2D eigenvalue weighted by molar-refractivity contribution is 0.0697. The van der Waals surface area contributed by atoms with Gasteiger partial charge in [-0.25, -0.2) is 9.18 Å². The fourth-order valence-corrected chi connectivity index (χ4v) is 1.44. The van der Waals surface area contributed by atoms with Crippen molar-refractivity contribution in [3.8, 4) is 17.6 Å². The standard InChI is InChI=1S/C15H9FO3/c16-14-9-13(17)8-7-11(14)4-1-10-2-5-12(6-3-10)15(18)19/h2-3,5-9,17H,(H,18,19). The third kappa shape index (κ3) is 3.11. The highest BCUT2D eigenvalue weighted by atomic mass is 19.1. The van der Waals surface area contributed by atoms with Crippen LogP contribution in [0, 0.1) is 17.7 Å². The van der Waals surface area contributed by atoms with Gasteiger partial charge in [-0.1, -0.05) is 11.8 Å². The molecular formula is C15H9FO3. The van der Waals surface area contributed by atoms with Crippen molar-refractivity contribution in [2.75, 3.05) is 0 Å². The molecule has 2 N–H and O–H groups in total. The first-order valence-electron chi connectivity index (χ1n) is 5.40. The van der Waals surface area contributed by atoms with Crippen LogP contribution in [0.15, 0.2) is 42.5 Å². The second-order valence-electron chi connectivity index (χ2n) is 3.80. The van der Waals surface area contributed by atoms with Crippen molar-refractivity contribution in [2.24, 2.45) is 0 Å². The molecule has 2 aromatic carbocycles. The molecule has 0 saturated heterocycles. The minimum absolute atomic E-state index is 0.158. The zero-order valence-electron chi connectivity index (χ0n) is 9.72. The van der Waals surface area contributed by atoms with Crippen molar-refractivity contribution in [1.29, 1.82) is 0 Å². The van der Waals surface area contributed by atoms with E-state index >= 15 is 0 Å². The molecule has 4 heteroatoms. The summed E-state index contributed by atoms with van der Waals surface area (Å²) in [5, 5.41) is 17.8. The number of benzene rings is 2. The largest absolute Gasteiger partial charge is 0.508 e. The lowest BCUT2D eigenvalue weighted by atomic mass is 10.1. The first-order chi connectivity index (χ1) is 9.06. The Morgan fingerprint density at radius 1 is 1.05 bits per heavy atom. The molecule has 0 amide bonds. The highest BCUT2D eigenvalue weighted by molar-refractivity contribution is 5.87. The van der Waals surface area contributed by atoms with Gasteiger partial charge in [0.2, 0.25) is 0 Å². The monoisotopic (exact) mass is 256 g/mol. The second-order valence-corrected chi connectivity index (χ2v) is 3.80. The number of halogens is 1. The molecule has 0 spiro atoms. The molecule has 0 aliphatic heterocycles. The maximum atomic E-state index is 13.4. The number of aromatic carboxylic acids is 1. The van der Waals surface area contributed by atoms with Crippen molar-refractivity contribution in [1.82, 2.24) is 0 Å². The van der Waals surface area contributed by atoms with Gasteiger partial charge in [-0.05, 0) is 36.4 Å². The Hall–Kier alpha value is -2.80. The molecule has 0 bridgehead atoms. The zero-order valence-corrected chi connectivity index (χ0v) is 9.72. The first kappa shape index (κ1) is 12.7. The quantitative estimate of drug-likeness (QED) is 0.771. The van der Waals surface area contributed by atoms with E-state index in [1.165, 1.54) is 24.3 Å². The lowest BCUT2D eigenvalue weighted by Crippen LogP contribution is -1.94. The van der Waals surface area contributed by atoms with Crippen LogP contribution in [0.25, 0.3) is 0 Å². The molecule has 0 unspecified atom stereocenters. The molecule has 0 heterocycles. The predicted octanol–water partition coefficient (Wildman–Crippen LogP) is 2.63. The third-order valence-electron chi connectivity index (χ3n) is 2.43. The number of rotatable bonds is 1. The minimum atomic E-state index is -1.01. The Morgan fingerprint density at radius 2 is 1.74 bits per heavy atom. The van der Waals surface area contributed by atoms with E-state index in [0.717, 1.165) is 6.07 Å². The second kappa shape index (κ2) is 5.23. The van der Waals surface area contributed by atoms with Crippen LogP contribution in [-0.2, 0) is 0 Å². The van der Waals surface area contributed by atoms with Crippen LogP contribution in [0.4, 0.5) is 4.39 Å². The van der Waals surface area contributed by atoms with Gasteiger partial charge < -0.3 is 10.2 Å². The number of aromatic hydroxyl groups is 1. The van der Waals surface area contributed by atoms with Gasteiger partial charge in [0.25, 0.3) is 0 Å². The van der Waals surface area contributed by atoms with Gasteiger partial charge in [-0.2, -0.15) is 0 Å². The molecule has 0 atom stereocenters. The van der Waals surface area contributed by atoms with Crippen LogP contribution in [0.1, 0.15) is 21.5 Å². The number of carboxylic acids is 1. The van der Waals surface area contributed by atoms with Gasteiger partial charge in [-0.15, -0.1) is 0 Å². The van der Waals surface area contributed by atoms with E-state index in [1.54, 1.807) is 12.1 Å². The molecule has 0 aliphatic carbocycles. The Bertz CT molecular complexity index is 679. The summed E-state index contributed by atoms with van der Waals surface area (Å²) in [6, 6.07) is 9.67. The molecule has 0 fully saturated rings. The normalized spacial score (nSPS) is 9.53. The van der Waals surface area contributed by atoms with Crippen molar-refractivity contribution >= 4 is 5.97 Å². The molecule has 2 rings (SSSR count). The van der Waals surface area contributed by atoms with E-state index in [9.17, 15) is 9.18 Å². The van der Waals surface area contributed by atoms with Crippen LogP contribution >= 0.6 is 0 Å². The van der Waals surface area contributed by atoms with Gasteiger partial charge in [-0.3, -0.25) is 0 Å². The van der Waals surface area contributed by atoms with E-state index in [4.69, 9.17) is 10.2 Å². The number of phenols is 1. The lowest BCUT2D eigenvalue weighted by Gasteiger charge is -1.96. The summed E-state index contributed by atoms with van der Waals surface area (Å²) in [5.41, 5.74) is 0.916. The molecule has 0 saturated carbocycles. The van der Waals surface area contributed by atoms with Crippen LogP contribution < -0.4 is 0 Å². The number of hydrogen-bond donors (Lipinski definition) is 2. The van der Waals surface area contributed by atoms with E-state index in [2.05, 4.69) is 11.8 Å². The molecule has 2 aromatic rings. The fourth-order valence-electron chi connectivity index (χ4n) is 1.44. The minimum Gasteiger partial charge on any atom is -0.508 e. The van der Waals surface area contributed by atoms with Gasteiger partial charge >= 0.3 is 5.97 Å². The third-order valence-corrected chi connectivity index (χ3v) is 2.43. The molecule has 19 heavy (non-hydrogen) atoms. The van der Waals surface area contributed by atoms with Crippen molar-refractivity contribution in [3.05, 3.63) is 65.0 Å². The van der Waals surface area contributed by atoms with Crippen LogP contribution in [0.5, 0.6) is 5.75 Å². The Labute approximate surface area is 108 Å². The number of carbonyl (C=O) groups is 1. The summed E-state index contributed by atoms with van der Waals surface area (Å²) >= 11 is 0. The molecule has 0 radical (unpaired) electrons. The van der Waals surface area contributed by atoms with E-state index in [1.807, 2.05) is 0 Å². The van der Waals surface area contributed by atoms with Crippen LogP contribution in [0.3, 0.4) is 0 Å². The summed E-state index contributed by atoms with van der Waals surface area (Å²) in [6.07, 6.45) is 0. The maximum Gasteiger partial charge on any atom is 0.335 e. The smallest absolute Gasteiger partial charge is 0.335 e. The topological polar surface area (TPSA) is 57.5 Å². The van der Waals surface area contributed by atoms with E-state index in [-0.39, 0.29) is 16.9 Å². The summed E-state index contributed by atoms with van der Waals surface area (Å²) in [6.45, 7) is 0. The zero-order chi connectivity index (χ0) is 13.8. The number of phenolic OH excluding ortho intramolecular Hbond substituents is 1. The predicted molar refractivity (Wildman–Crippen MR) is 67.4 cm³/mol. The van der Waals surface area contributed by atoms with E-state index < -0.39 is 11.8 Å². The SMILES string of the molecule is O=C(O)c1ccc(C#Cc2ccc(O)cc2F)cc1. The molecule has 0 aliphatic rings. The van der Waals surface area contributed by atoms with Gasteiger partial charge in [0.05, 0.1) is 11.1 Å². The first-order valence-corrected chi connectivity index (χ1v) is 5.40. The average molecular weight is 256 g/mol. The van der Waals surface area contributed by atoms with Crippen molar-refractivity contribution in [3.63, 3.8) is 0 Å². The Kier molecular flexibility index (Phi) is 3.48. The summed E-state index contributed by atoms with van der Waals surface area (Å²) in [7, 11) is 0. The highest BCUT2D eigenvalue weighted by Crippen LogP contribution is 2.14. The highest BCUT2D eigenvalue weighted by Gasteiger charge is 2.01. The van der Waals surface area contributed by atoms with Gasteiger partial charge in [0.1, 0.15) is 11.6 Å².